The van der Waals surface area contributed by atoms with E-state index in [-0.39, 0.29) is 0 Å². The van der Waals surface area contributed by atoms with Crippen LogP contribution in [0.4, 0.5) is 0 Å². The van der Waals surface area contributed by atoms with Crippen LogP contribution in [-0.2, 0) is 52.5 Å². The summed E-state index contributed by atoms with van der Waals surface area (Å²) in [5.41, 5.74) is 0. The fraction of sp³-hybridized carbons (Fsp3) is 0.818. The zero-order valence-electron chi connectivity index (χ0n) is 32.7. The number of rotatable bonds is 19. The lowest BCUT2D eigenvalue weighted by Crippen LogP contribution is -2.69. The number of carboxylic acid groups (broad SMARTS) is 3. The molecule has 18 atom stereocenters. The molecule has 0 aromatic carbocycles. The summed E-state index contributed by atoms with van der Waals surface area (Å²) in [6.45, 7) is -0.861. The lowest BCUT2D eigenvalue weighted by molar-refractivity contribution is -0.329. The largest absolute Gasteiger partial charge is 0.477 e. The zero-order chi connectivity index (χ0) is 46.5. The number of aliphatic hydroxyl groups excluding tert-OH is 10. The van der Waals surface area contributed by atoms with Gasteiger partial charge in [0.15, 0.2) is 0 Å². The number of hydrogen-bond acceptors (Lipinski definition) is 22. The molecule has 28 nitrogen and oxygen atoms in total. The van der Waals surface area contributed by atoms with E-state index in [1.807, 2.05) is 0 Å². The van der Waals surface area contributed by atoms with E-state index in [1.54, 1.807) is 0 Å². The minimum atomic E-state index is -3.15. The smallest absolute Gasteiger partial charge is 0.364 e. The first-order chi connectivity index (χ1) is 28.1. The second-order valence-electron chi connectivity index (χ2n) is 14.9. The maximum atomic E-state index is 12.7. The van der Waals surface area contributed by atoms with Crippen molar-refractivity contribution in [3.8, 4) is 0 Å². The number of aliphatic hydroxyl groups is 11. The van der Waals surface area contributed by atoms with Gasteiger partial charge in [-0.3, -0.25) is 14.4 Å². The Bertz CT molecular complexity index is 1590. The number of amides is 3. The minimum Gasteiger partial charge on any atom is -0.477 e. The van der Waals surface area contributed by atoms with E-state index in [1.165, 1.54) is 0 Å². The summed E-state index contributed by atoms with van der Waals surface area (Å²) in [6.07, 6.45) is -29.2. The number of aliphatic carboxylic acids is 3. The van der Waals surface area contributed by atoms with Gasteiger partial charge in [0.1, 0.15) is 54.9 Å². The van der Waals surface area contributed by atoms with Crippen LogP contribution in [0.1, 0.15) is 40.0 Å². The molecule has 17 N–H and O–H groups in total. The monoisotopic (exact) mass is 891 g/mol. The van der Waals surface area contributed by atoms with Gasteiger partial charge in [0.25, 0.3) is 17.4 Å². The maximum Gasteiger partial charge on any atom is 0.364 e. The van der Waals surface area contributed by atoms with Crippen LogP contribution in [0.2, 0.25) is 0 Å². The van der Waals surface area contributed by atoms with E-state index >= 15 is 0 Å². The van der Waals surface area contributed by atoms with Gasteiger partial charge in [0, 0.05) is 40.0 Å². The number of carbonyl (C=O) groups excluding carboxylic acids is 3. The van der Waals surface area contributed by atoms with Crippen LogP contribution < -0.4 is 16.0 Å². The van der Waals surface area contributed by atoms with Gasteiger partial charge in [0.05, 0.1) is 56.3 Å². The summed E-state index contributed by atoms with van der Waals surface area (Å²) in [7, 11) is 0. The summed E-state index contributed by atoms with van der Waals surface area (Å²) in [5, 5.41) is 154. The predicted octanol–water partition coefficient (Wildman–Crippen LogP) is -9.52. The molecule has 0 aromatic rings. The predicted molar refractivity (Wildman–Crippen MR) is 188 cm³/mol. The molecule has 350 valence electrons. The summed E-state index contributed by atoms with van der Waals surface area (Å²) in [6, 6.07) is -5.07. The molecule has 0 bridgehead atoms. The molecule has 3 saturated heterocycles. The van der Waals surface area contributed by atoms with Gasteiger partial charge in [-0.2, -0.15) is 0 Å². The summed E-state index contributed by atoms with van der Waals surface area (Å²) in [4.78, 5) is 72.7. The summed E-state index contributed by atoms with van der Waals surface area (Å²) >= 11 is 0. The van der Waals surface area contributed by atoms with Crippen molar-refractivity contribution in [3.05, 3.63) is 0 Å². The molecule has 3 aliphatic rings. The van der Waals surface area contributed by atoms with Crippen LogP contribution in [0.25, 0.3) is 0 Å². The summed E-state index contributed by atoms with van der Waals surface area (Å²) < 4.78 is 26.7. The second-order valence-corrected chi connectivity index (χ2v) is 14.9. The maximum absolute atomic E-state index is 12.7. The lowest BCUT2D eigenvalue weighted by atomic mass is 9.87. The molecule has 0 saturated carbocycles. The van der Waals surface area contributed by atoms with Gasteiger partial charge in [-0.05, 0) is 0 Å². The highest BCUT2D eigenvalue weighted by Gasteiger charge is 2.59. The van der Waals surface area contributed by atoms with Crippen molar-refractivity contribution in [2.24, 2.45) is 0 Å². The molecule has 0 aromatic heterocycles. The first-order valence-electron chi connectivity index (χ1n) is 18.4. The van der Waals surface area contributed by atoms with E-state index in [0.29, 0.717) is 0 Å². The molecular weight excluding hydrogens is 838 g/mol. The molecule has 28 heteroatoms. The molecule has 3 aliphatic heterocycles. The van der Waals surface area contributed by atoms with Crippen molar-refractivity contribution in [3.63, 3.8) is 0 Å². The third-order valence-corrected chi connectivity index (χ3v) is 10.2. The van der Waals surface area contributed by atoms with Crippen LogP contribution in [0.15, 0.2) is 0 Å². The molecule has 0 spiro atoms. The van der Waals surface area contributed by atoms with Crippen molar-refractivity contribution in [2.75, 3.05) is 19.8 Å². The molecule has 0 aliphatic carbocycles. The van der Waals surface area contributed by atoms with E-state index in [9.17, 15) is 100 Å². The molecule has 3 amide bonds. The van der Waals surface area contributed by atoms with Crippen molar-refractivity contribution < 1.29 is 124 Å². The van der Waals surface area contributed by atoms with Gasteiger partial charge in [-0.15, -0.1) is 0 Å². The Hall–Kier alpha value is -3.82. The van der Waals surface area contributed by atoms with Gasteiger partial charge in [0.2, 0.25) is 17.7 Å². The molecule has 3 fully saturated rings. The number of nitrogens with one attached hydrogen (secondary N) is 3. The van der Waals surface area contributed by atoms with E-state index in [0.717, 1.165) is 20.8 Å². The second kappa shape index (κ2) is 20.6. The van der Waals surface area contributed by atoms with Crippen LogP contribution >= 0.6 is 0 Å². The molecule has 3 heterocycles. The van der Waals surface area contributed by atoms with Crippen molar-refractivity contribution in [1.82, 2.24) is 16.0 Å². The van der Waals surface area contributed by atoms with Gasteiger partial charge in [-0.25, -0.2) is 14.4 Å². The molecule has 3 rings (SSSR count). The van der Waals surface area contributed by atoms with Crippen molar-refractivity contribution in [1.29, 1.82) is 0 Å². The minimum absolute atomic E-state index is 0.803. The van der Waals surface area contributed by atoms with E-state index < -0.39 is 183 Å². The first-order valence-corrected chi connectivity index (χ1v) is 18.4. The Morgan fingerprint density at radius 2 is 0.869 bits per heavy atom. The third kappa shape index (κ3) is 11.8. The van der Waals surface area contributed by atoms with Crippen LogP contribution in [0, 0.1) is 0 Å². The highest BCUT2D eigenvalue weighted by Crippen LogP contribution is 2.37. The number of carboxylic acids is 3. The first kappa shape index (κ1) is 51.5. The average Bonchev–Trinajstić information content (AvgIpc) is 3.16. The molecular formula is C33H53N3O25. The Morgan fingerprint density at radius 3 is 1.16 bits per heavy atom. The number of hydrogen-bond donors (Lipinski definition) is 17. The van der Waals surface area contributed by atoms with Gasteiger partial charge >= 0.3 is 17.9 Å². The average molecular weight is 892 g/mol. The van der Waals surface area contributed by atoms with Crippen LogP contribution in [0.5, 0.6) is 0 Å². The quantitative estimate of drug-likeness (QED) is 0.0572. The fourth-order valence-electron chi connectivity index (χ4n) is 7.11. The van der Waals surface area contributed by atoms with Crippen LogP contribution in [-0.4, -0.2) is 236 Å². The Balaban J connectivity index is 1.90. The lowest BCUT2D eigenvalue weighted by Gasteiger charge is -2.48. The van der Waals surface area contributed by atoms with Gasteiger partial charge < -0.3 is 111 Å². The standard InChI is InChI=1S/C33H53N3O25/c1-10(38)34-19-13(41)4-31(56,28(50)51)59-25(19)23(48)17(45)8-57-33(30(54)55)6-15(43)21(36-12(3)40)27(61-33)24(49)18(46)9-58-32(29(52)53)5-14(42)20(35-11(2)39)26(60-32)22(47)16(44)7-37/h13-27,37,41-49,56H,4-9H2,1-3H3,(H,34,38)(H,35,39)(H,36,40)(H,50,51)(H,52,53)(H,54,55)/t13-,14-,15-,16+,17+,18+,19+,20+,21+,22+,23+,24+,25+,26+,27+,31-,32+,33+/m0/s1. The fourth-order valence-corrected chi connectivity index (χ4v) is 7.11. The topological polar surface area (TPSA) is 468 Å². The molecule has 0 radical (unpaired) electrons. The SMILES string of the molecule is CC(=O)N[C@H]1[C@H]([C@H](O)[C@H](O)CO)O[C@@](OC[C@@H](O)[C@@H](O)[C@@H]2O[C@@](OC[C@@H](O)[C@@H](O)[C@@H]3O[C@](O)(C(=O)O)C[C@H](O)[C@H]3NC(C)=O)(C(=O)O)C[C@H](O)[C@H]2NC(C)=O)(C(=O)O)C[C@@H]1O. The summed E-state index contributed by atoms with van der Waals surface area (Å²) in [5.74, 6) is -18.0. The highest BCUT2D eigenvalue weighted by atomic mass is 16.7. The Labute approximate surface area is 344 Å². The van der Waals surface area contributed by atoms with Gasteiger partial charge in [-0.1, -0.05) is 0 Å². The Kier molecular flexibility index (Phi) is 17.4. The molecule has 0 unspecified atom stereocenters. The van der Waals surface area contributed by atoms with E-state index in [4.69, 9.17) is 23.7 Å². The van der Waals surface area contributed by atoms with Crippen molar-refractivity contribution >= 4 is 35.6 Å². The highest BCUT2D eigenvalue weighted by molar-refractivity contribution is 5.78. The van der Waals surface area contributed by atoms with Crippen molar-refractivity contribution in [2.45, 2.75) is 149 Å². The normalized spacial score (nSPS) is 37.2. The number of ether oxygens (including phenoxy) is 5. The number of carbonyl (C=O) groups is 6. The van der Waals surface area contributed by atoms with Crippen LogP contribution in [0.3, 0.4) is 0 Å². The van der Waals surface area contributed by atoms with E-state index in [2.05, 4.69) is 16.0 Å². The third-order valence-electron chi connectivity index (χ3n) is 10.2. The molecule has 61 heavy (non-hydrogen) atoms. The Morgan fingerprint density at radius 1 is 0.557 bits per heavy atom. The zero-order valence-corrected chi connectivity index (χ0v) is 32.7.